The van der Waals surface area contributed by atoms with E-state index in [0.29, 0.717) is 24.9 Å². The first kappa shape index (κ1) is 23.4. The summed E-state index contributed by atoms with van der Waals surface area (Å²) >= 11 is 0. The third-order valence-corrected chi connectivity index (χ3v) is 8.74. The summed E-state index contributed by atoms with van der Waals surface area (Å²) in [5, 5.41) is 2.97. The number of hydrogen-bond acceptors (Lipinski definition) is 4. The molecule has 0 radical (unpaired) electrons. The van der Waals surface area contributed by atoms with Gasteiger partial charge in [-0.05, 0) is 75.9 Å². The van der Waals surface area contributed by atoms with Crippen molar-refractivity contribution in [1.29, 1.82) is 0 Å². The average Bonchev–Trinajstić information content (AvgIpc) is 2.95. The fourth-order valence-corrected chi connectivity index (χ4v) is 6.38. The summed E-state index contributed by atoms with van der Waals surface area (Å²) in [6.45, 7) is 8.06. The molecule has 1 atom stereocenters. The zero-order chi connectivity index (χ0) is 24.1. The van der Waals surface area contributed by atoms with Crippen LogP contribution < -0.4 is 10.2 Å². The Balaban J connectivity index is 1.55. The number of nitrogens with one attached hydrogen (secondary N) is 1. The van der Waals surface area contributed by atoms with E-state index in [1.54, 1.807) is 30.1 Å². The number of hydrogen-bond donors (Lipinski definition) is 1. The zero-order valence-electron chi connectivity index (χ0n) is 19.8. The molecular weight excluding hydrogens is 438 g/mol. The Morgan fingerprint density at radius 2 is 1.85 bits per heavy atom. The summed E-state index contributed by atoms with van der Waals surface area (Å²) in [7, 11) is -2.10. The normalized spacial score (nSPS) is 20.6. The second kappa shape index (κ2) is 8.25. The van der Waals surface area contributed by atoms with E-state index in [0.717, 1.165) is 22.5 Å². The smallest absolute Gasteiger partial charge is 0.243 e. The molecule has 4 rings (SSSR count). The molecule has 7 nitrogen and oxygen atoms in total. The topological polar surface area (TPSA) is 86.8 Å². The molecule has 2 aliphatic rings. The molecule has 33 heavy (non-hydrogen) atoms. The van der Waals surface area contributed by atoms with Crippen LogP contribution in [0, 0.1) is 19.8 Å². The fraction of sp³-hybridized carbons (Fsp3) is 0.440. The Kier molecular flexibility index (Phi) is 5.87. The number of sulfonamides is 1. The van der Waals surface area contributed by atoms with Gasteiger partial charge >= 0.3 is 0 Å². The molecule has 1 unspecified atom stereocenters. The van der Waals surface area contributed by atoms with Crippen molar-refractivity contribution in [2.45, 2.75) is 50.8 Å². The predicted octanol–water partition coefficient (Wildman–Crippen LogP) is 3.60. The maximum absolute atomic E-state index is 13.5. The Morgan fingerprint density at radius 1 is 1.12 bits per heavy atom. The van der Waals surface area contributed by atoms with E-state index in [1.165, 1.54) is 4.31 Å². The van der Waals surface area contributed by atoms with Gasteiger partial charge in [0.05, 0.1) is 16.2 Å². The van der Waals surface area contributed by atoms with Crippen LogP contribution in [0.25, 0.3) is 0 Å². The highest BCUT2D eigenvalue weighted by molar-refractivity contribution is 7.89. The number of likely N-dealkylation sites (N-methyl/N-ethyl adjacent to an activating group) is 1. The van der Waals surface area contributed by atoms with Gasteiger partial charge in [-0.25, -0.2) is 8.42 Å². The van der Waals surface area contributed by atoms with E-state index in [1.807, 2.05) is 45.9 Å². The number of fused-ring (bicyclic) bond motifs is 1. The molecule has 8 heteroatoms. The van der Waals surface area contributed by atoms with E-state index >= 15 is 0 Å². The lowest BCUT2D eigenvalue weighted by molar-refractivity contribution is -0.122. The summed E-state index contributed by atoms with van der Waals surface area (Å²) in [4.78, 5) is 27.3. The van der Waals surface area contributed by atoms with Crippen LogP contribution in [0.15, 0.2) is 41.3 Å². The van der Waals surface area contributed by atoms with Crippen LogP contribution >= 0.6 is 0 Å². The summed E-state index contributed by atoms with van der Waals surface area (Å²) < 4.78 is 28.4. The molecule has 2 aromatic rings. The summed E-state index contributed by atoms with van der Waals surface area (Å²) in [5.41, 5.74) is 3.49. The molecule has 1 N–H and O–H groups in total. The van der Waals surface area contributed by atoms with Crippen molar-refractivity contribution in [3.63, 3.8) is 0 Å². The van der Waals surface area contributed by atoms with Crippen molar-refractivity contribution in [2.24, 2.45) is 5.92 Å². The van der Waals surface area contributed by atoms with Crippen molar-refractivity contribution < 1.29 is 18.0 Å². The highest BCUT2D eigenvalue weighted by atomic mass is 32.2. The highest BCUT2D eigenvalue weighted by Gasteiger charge is 2.43. The van der Waals surface area contributed by atoms with Crippen molar-refractivity contribution in [1.82, 2.24) is 4.31 Å². The Bertz CT molecular complexity index is 1240. The maximum Gasteiger partial charge on any atom is 0.243 e. The zero-order valence-corrected chi connectivity index (χ0v) is 20.6. The minimum absolute atomic E-state index is 0.0619. The molecule has 0 aliphatic carbocycles. The number of piperidine rings is 1. The summed E-state index contributed by atoms with van der Waals surface area (Å²) in [6, 6.07) is 10.7. The molecule has 2 heterocycles. The molecule has 2 aromatic carbocycles. The van der Waals surface area contributed by atoms with Crippen LogP contribution in [0.1, 0.15) is 43.4 Å². The van der Waals surface area contributed by atoms with E-state index in [4.69, 9.17) is 0 Å². The van der Waals surface area contributed by atoms with E-state index in [2.05, 4.69) is 5.32 Å². The number of nitrogens with zero attached hydrogens (tertiary/aromatic N) is 2. The lowest BCUT2D eigenvalue weighted by atomic mass is 9.86. The minimum atomic E-state index is -3.80. The standard InChI is InChI=1S/C25H31N3O4S/c1-16-8-10-21(17(2)13-16)26-23(29)18-7-6-12-28(15-18)33(31,32)19-9-11-22-20(14-19)25(3,4)24(30)27(22)5/h8-11,13-14,18H,6-7,12,15H2,1-5H3,(H,26,29). The van der Waals surface area contributed by atoms with Crippen molar-refractivity contribution >= 4 is 33.2 Å². The van der Waals surface area contributed by atoms with Crippen LogP contribution in [0.3, 0.4) is 0 Å². The van der Waals surface area contributed by atoms with Gasteiger partial charge < -0.3 is 10.2 Å². The average molecular weight is 470 g/mol. The predicted molar refractivity (Wildman–Crippen MR) is 129 cm³/mol. The molecule has 1 fully saturated rings. The van der Waals surface area contributed by atoms with E-state index in [9.17, 15) is 18.0 Å². The van der Waals surface area contributed by atoms with Gasteiger partial charge in [0.2, 0.25) is 21.8 Å². The highest BCUT2D eigenvalue weighted by Crippen LogP contribution is 2.42. The van der Waals surface area contributed by atoms with Crippen LogP contribution in [0.2, 0.25) is 0 Å². The Morgan fingerprint density at radius 3 is 2.55 bits per heavy atom. The van der Waals surface area contributed by atoms with E-state index < -0.39 is 21.4 Å². The van der Waals surface area contributed by atoms with Gasteiger partial charge in [0, 0.05) is 31.5 Å². The molecule has 176 valence electrons. The largest absolute Gasteiger partial charge is 0.326 e. The molecule has 2 aliphatic heterocycles. The quantitative estimate of drug-likeness (QED) is 0.741. The van der Waals surface area contributed by atoms with Gasteiger partial charge in [-0.3, -0.25) is 9.59 Å². The van der Waals surface area contributed by atoms with Gasteiger partial charge in [-0.15, -0.1) is 0 Å². The molecular formula is C25H31N3O4S. The van der Waals surface area contributed by atoms with Crippen molar-refractivity contribution in [3.8, 4) is 0 Å². The van der Waals surface area contributed by atoms with Gasteiger partial charge in [-0.2, -0.15) is 4.31 Å². The van der Waals surface area contributed by atoms with E-state index in [-0.39, 0.29) is 23.3 Å². The Labute approximate surface area is 195 Å². The first-order chi connectivity index (χ1) is 15.4. The third-order valence-electron chi connectivity index (χ3n) is 6.87. The fourth-order valence-electron chi connectivity index (χ4n) is 4.82. The number of aryl methyl sites for hydroxylation is 2. The SMILES string of the molecule is Cc1ccc(NC(=O)C2CCCN(S(=O)(=O)c3ccc4c(c3)C(C)(C)C(=O)N4C)C2)c(C)c1. The third kappa shape index (κ3) is 4.06. The molecule has 0 saturated carbocycles. The number of rotatable bonds is 4. The van der Waals surface area contributed by atoms with Gasteiger partial charge in [-0.1, -0.05) is 17.7 Å². The lowest BCUT2D eigenvalue weighted by Crippen LogP contribution is -2.43. The van der Waals surface area contributed by atoms with Crippen LogP contribution in [-0.2, 0) is 25.0 Å². The molecule has 1 saturated heterocycles. The van der Waals surface area contributed by atoms with Gasteiger partial charge in [0.1, 0.15) is 0 Å². The number of benzene rings is 2. The number of carbonyl (C=O) groups is 2. The van der Waals surface area contributed by atoms with Crippen LogP contribution in [-0.4, -0.2) is 44.7 Å². The minimum Gasteiger partial charge on any atom is -0.326 e. The summed E-state index contributed by atoms with van der Waals surface area (Å²) in [6.07, 6.45) is 1.25. The number of carbonyl (C=O) groups excluding carboxylic acids is 2. The van der Waals surface area contributed by atoms with Crippen LogP contribution in [0.4, 0.5) is 11.4 Å². The maximum atomic E-state index is 13.5. The van der Waals surface area contributed by atoms with Crippen LogP contribution in [0.5, 0.6) is 0 Å². The molecule has 2 amide bonds. The molecule has 0 aromatic heterocycles. The number of amides is 2. The molecule has 0 spiro atoms. The first-order valence-corrected chi connectivity index (χ1v) is 12.7. The second-order valence-electron chi connectivity index (χ2n) is 9.68. The van der Waals surface area contributed by atoms with Crippen molar-refractivity contribution in [2.75, 3.05) is 30.4 Å². The Hall–Kier alpha value is -2.71. The van der Waals surface area contributed by atoms with Gasteiger partial charge in [0.25, 0.3) is 0 Å². The monoisotopic (exact) mass is 469 g/mol. The summed E-state index contributed by atoms with van der Waals surface area (Å²) in [5.74, 6) is -0.648. The lowest BCUT2D eigenvalue weighted by Gasteiger charge is -2.31. The first-order valence-electron chi connectivity index (χ1n) is 11.2. The number of anilines is 2. The second-order valence-corrected chi connectivity index (χ2v) is 11.6. The van der Waals surface area contributed by atoms with Crippen molar-refractivity contribution in [3.05, 3.63) is 53.1 Å². The molecule has 0 bridgehead atoms. The van der Waals surface area contributed by atoms with Gasteiger partial charge in [0.15, 0.2) is 0 Å².